The Morgan fingerprint density at radius 2 is 2.00 bits per heavy atom. The summed E-state index contributed by atoms with van der Waals surface area (Å²) in [4.78, 5) is 24.7. The van der Waals surface area contributed by atoms with E-state index in [1.807, 2.05) is 0 Å². The van der Waals surface area contributed by atoms with Gasteiger partial charge in [-0.15, -0.1) is 0 Å². The van der Waals surface area contributed by atoms with E-state index in [0.717, 1.165) is 0 Å². The molecular weight excluding hydrogens is 450 g/mol. The Balaban J connectivity index is 1.62. The average Bonchev–Trinajstić information content (AvgIpc) is 3.29. The van der Waals surface area contributed by atoms with E-state index < -0.39 is 22.0 Å². The van der Waals surface area contributed by atoms with Crippen LogP contribution in [0.2, 0.25) is 0 Å². The number of aryl methyl sites for hydroxylation is 1. The fourth-order valence-corrected chi connectivity index (χ4v) is 5.92. The molecular formula is C22H25N3O7S. The third-order valence-corrected chi connectivity index (χ3v) is 7.72. The largest absolute Gasteiger partial charge is 0.497 e. The number of anilines is 2. The number of rotatable bonds is 6. The average molecular weight is 476 g/mol. The minimum atomic E-state index is -4.01. The standard InChI is InChI=1S/C22H25N3O7S/c1-13-9-15-19(32-12-21(26)23-15)11-20(13)33(28,29)25-8-4-5-17(25)22(27)24-16-10-14(30-2)6-7-18(16)31-3/h6-7,9-11,17H,4-5,8,12H2,1-3H3,(H,23,26)(H,24,27)/t17-/m0/s1. The second-order valence-electron chi connectivity index (χ2n) is 7.78. The fourth-order valence-electron chi connectivity index (χ4n) is 4.04. The molecule has 0 aliphatic carbocycles. The maximum absolute atomic E-state index is 13.6. The zero-order valence-electron chi connectivity index (χ0n) is 18.5. The highest BCUT2D eigenvalue weighted by Gasteiger charge is 2.40. The van der Waals surface area contributed by atoms with Crippen LogP contribution >= 0.6 is 0 Å². The van der Waals surface area contributed by atoms with Crippen molar-refractivity contribution in [2.24, 2.45) is 0 Å². The molecule has 1 fully saturated rings. The van der Waals surface area contributed by atoms with Crippen LogP contribution in [0.5, 0.6) is 17.2 Å². The molecule has 2 aliphatic rings. The van der Waals surface area contributed by atoms with Gasteiger partial charge in [-0.05, 0) is 43.5 Å². The minimum absolute atomic E-state index is 0.0380. The topological polar surface area (TPSA) is 123 Å². The van der Waals surface area contributed by atoms with E-state index in [1.54, 1.807) is 31.2 Å². The number of nitrogens with zero attached hydrogens (tertiary/aromatic N) is 1. The monoisotopic (exact) mass is 475 g/mol. The highest BCUT2D eigenvalue weighted by Crippen LogP contribution is 2.36. The van der Waals surface area contributed by atoms with Crippen molar-refractivity contribution >= 4 is 33.2 Å². The predicted molar refractivity (Wildman–Crippen MR) is 120 cm³/mol. The van der Waals surface area contributed by atoms with Gasteiger partial charge in [-0.3, -0.25) is 9.59 Å². The lowest BCUT2D eigenvalue weighted by Gasteiger charge is -2.26. The van der Waals surface area contributed by atoms with Crippen LogP contribution in [-0.4, -0.2) is 58.0 Å². The lowest BCUT2D eigenvalue weighted by molar-refractivity contribution is -0.119. The van der Waals surface area contributed by atoms with E-state index in [1.165, 1.54) is 24.6 Å². The number of sulfonamides is 1. The fraction of sp³-hybridized carbons (Fsp3) is 0.364. The van der Waals surface area contributed by atoms with Gasteiger partial charge in [0.05, 0.1) is 30.5 Å². The number of carbonyl (C=O) groups is 2. The minimum Gasteiger partial charge on any atom is -0.497 e. The van der Waals surface area contributed by atoms with E-state index in [2.05, 4.69) is 10.6 Å². The van der Waals surface area contributed by atoms with Gasteiger partial charge in [-0.2, -0.15) is 4.31 Å². The van der Waals surface area contributed by atoms with E-state index in [0.29, 0.717) is 41.3 Å². The second kappa shape index (κ2) is 8.91. The Morgan fingerprint density at radius 3 is 2.73 bits per heavy atom. The number of ether oxygens (including phenoxy) is 3. The van der Waals surface area contributed by atoms with Gasteiger partial charge in [0, 0.05) is 18.7 Å². The molecule has 0 bridgehead atoms. The molecule has 176 valence electrons. The molecule has 0 spiro atoms. The number of fused-ring (bicyclic) bond motifs is 1. The molecule has 2 aromatic rings. The summed E-state index contributed by atoms with van der Waals surface area (Å²) in [6.45, 7) is 1.66. The summed E-state index contributed by atoms with van der Waals surface area (Å²) in [5.74, 6) is 0.476. The van der Waals surface area contributed by atoms with Crippen LogP contribution in [0.25, 0.3) is 0 Å². The molecule has 2 aromatic carbocycles. The van der Waals surface area contributed by atoms with Gasteiger partial charge in [-0.1, -0.05) is 0 Å². The zero-order valence-corrected chi connectivity index (χ0v) is 19.3. The van der Waals surface area contributed by atoms with Gasteiger partial charge in [0.2, 0.25) is 15.9 Å². The molecule has 1 saturated heterocycles. The van der Waals surface area contributed by atoms with Gasteiger partial charge in [-0.25, -0.2) is 8.42 Å². The first-order chi connectivity index (χ1) is 15.7. The van der Waals surface area contributed by atoms with Crippen LogP contribution in [0.1, 0.15) is 18.4 Å². The van der Waals surface area contributed by atoms with E-state index in [4.69, 9.17) is 14.2 Å². The summed E-state index contributed by atoms with van der Waals surface area (Å²) in [5, 5.41) is 5.44. The predicted octanol–water partition coefficient (Wildman–Crippen LogP) is 2.13. The number of amides is 2. The van der Waals surface area contributed by atoms with Gasteiger partial charge in [0.25, 0.3) is 5.91 Å². The Bertz CT molecular complexity index is 1210. The van der Waals surface area contributed by atoms with Crippen LogP contribution in [-0.2, 0) is 19.6 Å². The van der Waals surface area contributed by atoms with E-state index >= 15 is 0 Å². The molecule has 0 unspecified atom stereocenters. The first-order valence-electron chi connectivity index (χ1n) is 10.4. The number of carbonyl (C=O) groups excluding carboxylic acids is 2. The van der Waals surface area contributed by atoms with Crippen LogP contribution < -0.4 is 24.8 Å². The van der Waals surface area contributed by atoms with Gasteiger partial charge >= 0.3 is 0 Å². The van der Waals surface area contributed by atoms with Crippen molar-refractivity contribution in [3.05, 3.63) is 35.9 Å². The summed E-state index contributed by atoms with van der Waals surface area (Å²) in [6.07, 6.45) is 0.928. The molecule has 11 heteroatoms. The highest BCUT2D eigenvalue weighted by molar-refractivity contribution is 7.89. The second-order valence-corrected chi connectivity index (χ2v) is 9.64. The smallest absolute Gasteiger partial charge is 0.262 e. The molecule has 4 rings (SSSR count). The summed E-state index contributed by atoms with van der Waals surface area (Å²) in [7, 11) is -1.02. The SMILES string of the molecule is COc1ccc(OC)c(NC(=O)[C@@H]2CCCN2S(=O)(=O)c2cc3c(cc2C)NC(=O)CO3)c1. The molecule has 1 atom stereocenters. The normalized spacial score (nSPS) is 18.2. The zero-order chi connectivity index (χ0) is 23.8. The van der Waals surface area contributed by atoms with Gasteiger partial charge < -0.3 is 24.8 Å². The third kappa shape index (κ3) is 4.33. The maximum atomic E-state index is 13.6. The molecule has 10 nitrogen and oxygen atoms in total. The summed E-state index contributed by atoms with van der Waals surface area (Å²) in [6, 6.07) is 7.05. The Kier molecular flexibility index (Phi) is 6.17. The first-order valence-corrected chi connectivity index (χ1v) is 11.8. The highest BCUT2D eigenvalue weighted by atomic mass is 32.2. The van der Waals surface area contributed by atoms with Crippen molar-refractivity contribution < 1.29 is 32.2 Å². The van der Waals surface area contributed by atoms with Gasteiger partial charge in [0.1, 0.15) is 23.3 Å². The molecule has 0 radical (unpaired) electrons. The molecule has 0 aromatic heterocycles. The molecule has 2 amide bonds. The lowest BCUT2D eigenvalue weighted by Crippen LogP contribution is -2.43. The van der Waals surface area contributed by atoms with Crippen molar-refractivity contribution in [1.29, 1.82) is 0 Å². The van der Waals surface area contributed by atoms with Crippen LogP contribution in [0.4, 0.5) is 11.4 Å². The molecule has 2 heterocycles. The van der Waals surface area contributed by atoms with Crippen molar-refractivity contribution in [2.45, 2.75) is 30.7 Å². The van der Waals surface area contributed by atoms with Crippen molar-refractivity contribution in [2.75, 3.05) is 38.0 Å². The van der Waals surface area contributed by atoms with Crippen LogP contribution in [0, 0.1) is 6.92 Å². The maximum Gasteiger partial charge on any atom is 0.262 e. The number of hydrogen-bond donors (Lipinski definition) is 2. The molecule has 2 aliphatic heterocycles. The molecule has 0 saturated carbocycles. The number of benzene rings is 2. The van der Waals surface area contributed by atoms with E-state index in [9.17, 15) is 18.0 Å². The lowest BCUT2D eigenvalue weighted by atomic mass is 10.2. The van der Waals surface area contributed by atoms with Crippen molar-refractivity contribution in [1.82, 2.24) is 4.31 Å². The number of nitrogens with one attached hydrogen (secondary N) is 2. The molecule has 33 heavy (non-hydrogen) atoms. The summed E-state index contributed by atoms with van der Waals surface area (Å²) in [5.41, 5.74) is 1.25. The number of hydrogen-bond acceptors (Lipinski definition) is 7. The number of methoxy groups -OCH3 is 2. The summed E-state index contributed by atoms with van der Waals surface area (Å²) < 4.78 is 44.2. The van der Waals surface area contributed by atoms with Crippen LogP contribution in [0.3, 0.4) is 0 Å². The van der Waals surface area contributed by atoms with Gasteiger partial charge in [0.15, 0.2) is 6.61 Å². The quantitative estimate of drug-likeness (QED) is 0.656. The Labute approximate surface area is 191 Å². The van der Waals surface area contributed by atoms with Crippen molar-refractivity contribution in [3.8, 4) is 17.2 Å². The Morgan fingerprint density at radius 1 is 1.21 bits per heavy atom. The van der Waals surface area contributed by atoms with E-state index in [-0.39, 0.29) is 29.7 Å². The third-order valence-electron chi connectivity index (χ3n) is 5.67. The van der Waals surface area contributed by atoms with Crippen molar-refractivity contribution in [3.63, 3.8) is 0 Å². The van der Waals surface area contributed by atoms with Crippen LogP contribution in [0.15, 0.2) is 35.2 Å². The first kappa shape index (κ1) is 22.9. The molecule has 2 N–H and O–H groups in total. The Hall–Kier alpha value is -3.31. The summed E-state index contributed by atoms with van der Waals surface area (Å²) >= 11 is 0.